The molecule has 0 aromatic heterocycles. The van der Waals surface area contributed by atoms with Crippen LogP contribution in [0.3, 0.4) is 0 Å². The normalized spacial score (nSPS) is 25.9. The highest BCUT2D eigenvalue weighted by atomic mass is 79.9. The van der Waals surface area contributed by atoms with Crippen molar-refractivity contribution in [3.05, 3.63) is 58.6 Å². The van der Waals surface area contributed by atoms with E-state index in [2.05, 4.69) is 21.2 Å². The van der Waals surface area contributed by atoms with Gasteiger partial charge in [-0.2, -0.15) is 0 Å². The molecule has 2 aliphatic rings. The van der Waals surface area contributed by atoms with Crippen molar-refractivity contribution in [2.45, 2.75) is 18.7 Å². The Kier molecular flexibility index (Phi) is 4.39. The van der Waals surface area contributed by atoms with E-state index in [0.29, 0.717) is 5.11 Å². The van der Waals surface area contributed by atoms with Crippen LogP contribution in [0, 0.1) is 5.92 Å². The largest absolute Gasteiger partial charge is 0.467 e. The Balaban J connectivity index is 1.93. The topological polar surface area (TPSA) is 44.8 Å². The van der Waals surface area contributed by atoms with Gasteiger partial charge in [0.1, 0.15) is 11.7 Å². The second-order valence-electron chi connectivity index (χ2n) is 7.15. The predicted octanol–water partition coefficient (Wildman–Crippen LogP) is 3.70. The number of carbonyl (C=O) groups is 1. The second-order valence-corrected chi connectivity index (χ2v) is 8.45. The van der Waals surface area contributed by atoms with Crippen molar-refractivity contribution in [3.8, 4) is 5.75 Å². The summed E-state index contributed by atoms with van der Waals surface area (Å²) in [7, 11) is 3.53. The SMILES string of the molecule is CN(C)C(=O)[C@@H]1[C@H]2NC(=S)N(c3ccccc3)[C@@]1(C)Oc1ccc(Br)cc12. The Morgan fingerprint density at radius 2 is 1.96 bits per heavy atom. The molecule has 2 aromatic carbocycles. The molecular formula is C20H20BrN3O2S. The molecule has 1 saturated heterocycles. The molecule has 0 aliphatic carbocycles. The number of hydrogen-bond acceptors (Lipinski definition) is 3. The minimum Gasteiger partial charge on any atom is -0.467 e. The van der Waals surface area contributed by atoms with Crippen LogP contribution in [0.5, 0.6) is 5.75 Å². The molecule has 2 aromatic rings. The number of ether oxygens (including phenoxy) is 1. The van der Waals surface area contributed by atoms with Crippen molar-refractivity contribution in [3.63, 3.8) is 0 Å². The van der Waals surface area contributed by atoms with E-state index in [1.54, 1.807) is 19.0 Å². The molecule has 27 heavy (non-hydrogen) atoms. The van der Waals surface area contributed by atoms with Gasteiger partial charge in [0.05, 0.1) is 6.04 Å². The lowest BCUT2D eigenvalue weighted by atomic mass is 9.78. The summed E-state index contributed by atoms with van der Waals surface area (Å²) >= 11 is 9.22. The van der Waals surface area contributed by atoms with E-state index in [1.807, 2.05) is 60.4 Å². The van der Waals surface area contributed by atoms with E-state index >= 15 is 0 Å². The molecule has 5 nitrogen and oxygen atoms in total. The summed E-state index contributed by atoms with van der Waals surface area (Å²) < 4.78 is 7.43. The number of amides is 1. The van der Waals surface area contributed by atoms with Crippen LogP contribution in [-0.4, -0.2) is 35.7 Å². The number of fused-ring (bicyclic) bond motifs is 4. The third-order valence-electron chi connectivity index (χ3n) is 5.18. The molecular weight excluding hydrogens is 426 g/mol. The highest BCUT2D eigenvalue weighted by molar-refractivity contribution is 9.10. The van der Waals surface area contributed by atoms with E-state index in [9.17, 15) is 4.79 Å². The van der Waals surface area contributed by atoms with Crippen molar-refractivity contribution in [1.29, 1.82) is 0 Å². The third kappa shape index (κ3) is 2.80. The first kappa shape index (κ1) is 18.3. The lowest BCUT2D eigenvalue weighted by molar-refractivity contribution is -0.144. The summed E-state index contributed by atoms with van der Waals surface area (Å²) in [6.07, 6.45) is 0. The Morgan fingerprint density at radius 3 is 2.63 bits per heavy atom. The van der Waals surface area contributed by atoms with Gasteiger partial charge < -0.3 is 15.0 Å². The van der Waals surface area contributed by atoms with E-state index in [4.69, 9.17) is 17.0 Å². The van der Waals surface area contributed by atoms with Crippen LogP contribution >= 0.6 is 28.1 Å². The molecule has 2 aliphatic heterocycles. The molecule has 1 N–H and O–H groups in total. The minimum atomic E-state index is -0.948. The summed E-state index contributed by atoms with van der Waals surface area (Å²) in [6.45, 7) is 1.94. The van der Waals surface area contributed by atoms with Gasteiger partial charge in [-0.25, -0.2) is 0 Å². The van der Waals surface area contributed by atoms with Gasteiger partial charge in [-0.05, 0) is 49.5 Å². The fraction of sp³-hybridized carbons (Fsp3) is 0.300. The van der Waals surface area contributed by atoms with Crippen LogP contribution in [-0.2, 0) is 4.79 Å². The highest BCUT2D eigenvalue weighted by Crippen LogP contribution is 2.50. The lowest BCUT2D eigenvalue weighted by Crippen LogP contribution is -2.72. The highest BCUT2D eigenvalue weighted by Gasteiger charge is 2.59. The smallest absolute Gasteiger partial charge is 0.233 e. The standard InChI is InChI=1S/C20H20BrN3O2S/c1-20-16(18(25)23(2)3)17(14-11-12(21)9-10-15(14)26-20)22-19(27)24(20)13-7-5-4-6-8-13/h4-11,16-17H,1-3H3,(H,22,27)/t16-,17-,20-/m0/s1. The van der Waals surface area contributed by atoms with Gasteiger partial charge >= 0.3 is 0 Å². The molecule has 2 bridgehead atoms. The predicted molar refractivity (Wildman–Crippen MR) is 113 cm³/mol. The number of hydrogen-bond donors (Lipinski definition) is 1. The van der Waals surface area contributed by atoms with Crippen LogP contribution in [0.25, 0.3) is 0 Å². The average Bonchev–Trinajstić information content (AvgIpc) is 2.62. The zero-order valence-corrected chi connectivity index (χ0v) is 17.7. The summed E-state index contributed by atoms with van der Waals surface area (Å²) in [6, 6.07) is 15.4. The van der Waals surface area contributed by atoms with Gasteiger partial charge in [-0.15, -0.1) is 0 Å². The molecule has 0 radical (unpaired) electrons. The first-order chi connectivity index (χ1) is 12.8. The molecule has 140 valence electrons. The fourth-order valence-electron chi connectivity index (χ4n) is 3.98. The van der Waals surface area contributed by atoms with E-state index < -0.39 is 11.6 Å². The van der Waals surface area contributed by atoms with Gasteiger partial charge in [-0.3, -0.25) is 9.69 Å². The number of anilines is 1. The van der Waals surface area contributed by atoms with Gasteiger partial charge in [-0.1, -0.05) is 34.1 Å². The van der Waals surface area contributed by atoms with Crippen LogP contribution in [0.15, 0.2) is 53.0 Å². The van der Waals surface area contributed by atoms with Crippen LogP contribution < -0.4 is 15.0 Å². The summed E-state index contributed by atoms with van der Waals surface area (Å²) in [5.74, 6) is 0.273. The zero-order chi connectivity index (χ0) is 19.3. The van der Waals surface area contributed by atoms with Gasteiger partial charge in [0, 0.05) is 29.8 Å². The molecule has 7 heteroatoms. The number of rotatable bonds is 2. The minimum absolute atomic E-state index is 0.0101. The number of halogens is 1. The van der Waals surface area contributed by atoms with Crippen LogP contribution in [0.4, 0.5) is 5.69 Å². The maximum absolute atomic E-state index is 13.2. The number of carbonyl (C=O) groups excluding carboxylic acids is 1. The third-order valence-corrected chi connectivity index (χ3v) is 5.97. The average molecular weight is 446 g/mol. The molecule has 2 heterocycles. The Labute approximate surface area is 172 Å². The number of para-hydroxylation sites is 1. The first-order valence-corrected chi connectivity index (χ1v) is 9.88. The van der Waals surface area contributed by atoms with E-state index in [-0.39, 0.29) is 11.9 Å². The first-order valence-electron chi connectivity index (χ1n) is 8.68. The quantitative estimate of drug-likeness (QED) is 0.713. The summed E-state index contributed by atoms with van der Waals surface area (Å²) in [5.41, 5.74) is 0.862. The summed E-state index contributed by atoms with van der Waals surface area (Å²) in [5, 5.41) is 3.94. The Hall–Kier alpha value is -2.12. The van der Waals surface area contributed by atoms with Crippen molar-refractivity contribution < 1.29 is 9.53 Å². The Morgan fingerprint density at radius 1 is 1.26 bits per heavy atom. The maximum Gasteiger partial charge on any atom is 0.233 e. The molecule has 0 spiro atoms. The number of thiocarbonyl (C=S) groups is 1. The van der Waals surface area contributed by atoms with Gasteiger partial charge in [0.25, 0.3) is 0 Å². The van der Waals surface area contributed by atoms with Crippen molar-refractivity contribution in [1.82, 2.24) is 10.2 Å². The molecule has 0 saturated carbocycles. The molecule has 1 fully saturated rings. The fourth-order valence-corrected chi connectivity index (χ4v) is 4.77. The number of nitrogens with zero attached hydrogens (tertiary/aromatic N) is 2. The number of nitrogens with one attached hydrogen (secondary N) is 1. The second kappa shape index (κ2) is 6.49. The van der Waals surface area contributed by atoms with Crippen molar-refractivity contribution in [2.24, 2.45) is 5.92 Å². The number of benzene rings is 2. The van der Waals surface area contributed by atoms with Gasteiger partial charge in [0.2, 0.25) is 5.91 Å². The molecule has 3 atom stereocenters. The van der Waals surface area contributed by atoms with E-state index in [1.165, 1.54) is 0 Å². The lowest BCUT2D eigenvalue weighted by Gasteiger charge is -2.56. The van der Waals surface area contributed by atoms with Gasteiger partial charge in [0.15, 0.2) is 10.8 Å². The zero-order valence-electron chi connectivity index (χ0n) is 15.3. The monoisotopic (exact) mass is 445 g/mol. The van der Waals surface area contributed by atoms with E-state index in [0.717, 1.165) is 21.5 Å². The maximum atomic E-state index is 13.2. The van der Waals surface area contributed by atoms with Crippen molar-refractivity contribution in [2.75, 3.05) is 19.0 Å². The Bertz CT molecular complexity index is 921. The summed E-state index contributed by atoms with van der Waals surface area (Å²) in [4.78, 5) is 16.7. The van der Waals surface area contributed by atoms with Crippen LogP contribution in [0.2, 0.25) is 0 Å². The molecule has 0 unspecified atom stereocenters. The molecule has 4 rings (SSSR count). The molecule has 1 amide bonds. The van der Waals surface area contributed by atoms with Crippen molar-refractivity contribution >= 4 is 44.9 Å². The van der Waals surface area contributed by atoms with Crippen LogP contribution in [0.1, 0.15) is 18.5 Å².